The highest BCUT2D eigenvalue weighted by Crippen LogP contribution is 2.46. The number of hydrogen-bond donors (Lipinski definition) is 0. The molecule has 3 atom stereocenters. The number of rotatable bonds is 9. The summed E-state index contributed by atoms with van der Waals surface area (Å²) in [7, 11) is -3.24. The highest BCUT2D eigenvalue weighted by atomic mass is 28.4. The normalized spacial score (nSPS) is 18.4. The van der Waals surface area contributed by atoms with E-state index >= 15 is 0 Å². The quantitative estimate of drug-likeness (QED) is 0.463. The predicted molar refractivity (Wildman–Crippen MR) is 57.4 cm³/mol. The van der Waals surface area contributed by atoms with Crippen molar-refractivity contribution in [3.8, 4) is 0 Å². The van der Waals surface area contributed by atoms with Crippen molar-refractivity contribution < 1.29 is 52.8 Å². The van der Waals surface area contributed by atoms with E-state index in [-0.39, 0.29) is 0 Å². The zero-order valence-electron chi connectivity index (χ0n) is 11.4. The third kappa shape index (κ3) is 3.51. The van der Waals surface area contributed by atoms with Gasteiger partial charge in [-0.25, -0.2) is 22.0 Å². The fourth-order valence-electron chi connectivity index (χ4n) is 1.46. The Balaban J connectivity index is 5.68. The molecule has 0 N–H and O–H groups in total. The first kappa shape index (κ1) is 21.5. The molecule has 0 spiro atoms. The van der Waals surface area contributed by atoms with Crippen molar-refractivity contribution in [1.82, 2.24) is 0 Å². The summed E-state index contributed by atoms with van der Waals surface area (Å²) in [5, 5.41) is 0. The summed E-state index contributed by atoms with van der Waals surface area (Å²) in [5.74, 6) is -16.1. The van der Waals surface area contributed by atoms with Crippen molar-refractivity contribution in [3.63, 3.8) is 0 Å². The van der Waals surface area contributed by atoms with Gasteiger partial charge in [0.1, 0.15) is 0 Å². The Labute approximate surface area is 120 Å². The zero-order valence-corrected chi connectivity index (χ0v) is 12.4. The van der Waals surface area contributed by atoms with Crippen LogP contribution in [0, 0.1) is 0 Å². The summed E-state index contributed by atoms with van der Waals surface area (Å²) in [4.78, 5) is 0. The molecule has 134 valence electrons. The first-order valence-corrected chi connectivity index (χ1v) is 7.27. The van der Waals surface area contributed by atoms with Gasteiger partial charge in [-0.05, 0) is 0 Å². The molecule has 0 aromatic carbocycles. The molecular formula is C9H13F9O3Si. The molecule has 0 aliphatic rings. The van der Waals surface area contributed by atoms with Crippen LogP contribution in [0.2, 0.25) is 0 Å². The molecule has 0 aromatic rings. The van der Waals surface area contributed by atoms with E-state index in [2.05, 4.69) is 13.3 Å². The Morgan fingerprint density at radius 2 is 1.09 bits per heavy atom. The van der Waals surface area contributed by atoms with Crippen molar-refractivity contribution in [3.05, 3.63) is 0 Å². The van der Waals surface area contributed by atoms with Crippen LogP contribution < -0.4 is 0 Å². The highest BCUT2D eigenvalue weighted by Gasteiger charge is 2.75. The van der Waals surface area contributed by atoms with Crippen LogP contribution >= 0.6 is 0 Å². The first-order chi connectivity index (χ1) is 9.85. The smallest absolute Gasteiger partial charge is 0.375 e. The minimum atomic E-state index is -6.10. The maximum atomic E-state index is 13.8. The van der Waals surface area contributed by atoms with Crippen molar-refractivity contribution in [2.45, 2.75) is 36.4 Å². The van der Waals surface area contributed by atoms with Gasteiger partial charge in [0.2, 0.25) is 12.0 Å². The second kappa shape index (κ2) is 7.36. The molecule has 0 amide bonds. The molecule has 0 rings (SSSR count). The van der Waals surface area contributed by atoms with E-state index in [0.717, 1.165) is 0 Å². The molecule has 0 saturated carbocycles. The van der Waals surface area contributed by atoms with Crippen LogP contribution in [0.3, 0.4) is 0 Å². The molecular weight excluding hydrogens is 355 g/mol. The Kier molecular flexibility index (Phi) is 7.18. The lowest BCUT2D eigenvalue weighted by Gasteiger charge is -2.36. The zero-order chi connectivity index (χ0) is 17.9. The van der Waals surface area contributed by atoms with Gasteiger partial charge in [0, 0.05) is 21.3 Å². The molecule has 0 aromatic heterocycles. The van der Waals surface area contributed by atoms with E-state index < -0.39 is 45.2 Å². The lowest BCUT2D eigenvalue weighted by Crippen LogP contribution is -2.67. The minimum Gasteiger partial charge on any atom is -0.375 e. The lowest BCUT2D eigenvalue weighted by atomic mass is 10.0. The van der Waals surface area contributed by atoms with E-state index in [4.69, 9.17) is 0 Å². The summed E-state index contributed by atoms with van der Waals surface area (Å²) in [6, 6.07) is 0. The molecule has 0 saturated heterocycles. The van der Waals surface area contributed by atoms with Gasteiger partial charge in [0.15, 0.2) is 6.17 Å². The second-order valence-electron chi connectivity index (χ2n) is 4.01. The maximum Gasteiger partial charge on any atom is 0.543 e. The van der Waals surface area contributed by atoms with Crippen LogP contribution in [0.25, 0.3) is 0 Å². The molecule has 0 bridgehead atoms. The SMILES string of the molecule is CO[Si](OC)(OC)C(F)C(F)(F)C(F)(F)C(F)C(F)C(F)F. The number of alkyl halides is 9. The summed E-state index contributed by atoms with van der Waals surface area (Å²) in [6.07, 6.45) is -13.2. The van der Waals surface area contributed by atoms with E-state index in [1.165, 1.54) is 0 Å². The standard InChI is InChI=1S/C9H13F9O3Si/c1-19-22(20-2,21-3)7(14)9(17,18)8(15,16)5(11)4(10)6(12)13/h4-7H,1-3H3. The fraction of sp³-hybridized carbons (Fsp3) is 1.00. The van der Waals surface area contributed by atoms with E-state index in [1.807, 2.05) is 0 Å². The van der Waals surface area contributed by atoms with Crippen molar-refractivity contribution in [2.75, 3.05) is 21.3 Å². The van der Waals surface area contributed by atoms with Gasteiger partial charge in [0.05, 0.1) is 0 Å². The van der Waals surface area contributed by atoms with Gasteiger partial charge in [-0.1, -0.05) is 0 Å². The van der Waals surface area contributed by atoms with Gasteiger partial charge in [-0.15, -0.1) is 0 Å². The van der Waals surface area contributed by atoms with Gasteiger partial charge in [-0.2, -0.15) is 17.6 Å². The van der Waals surface area contributed by atoms with Gasteiger partial charge < -0.3 is 13.3 Å². The van der Waals surface area contributed by atoms with Crippen LogP contribution in [-0.4, -0.2) is 66.5 Å². The Bertz CT molecular complexity index is 345. The van der Waals surface area contributed by atoms with Crippen molar-refractivity contribution in [1.29, 1.82) is 0 Å². The first-order valence-electron chi connectivity index (χ1n) is 5.47. The molecule has 22 heavy (non-hydrogen) atoms. The van der Waals surface area contributed by atoms with Gasteiger partial charge in [-0.3, -0.25) is 0 Å². The molecule has 0 aliphatic carbocycles. The van der Waals surface area contributed by atoms with Gasteiger partial charge in [0.25, 0.3) is 6.43 Å². The Hall–Kier alpha value is -0.533. The molecule has 0 radical (unpaired) electrons. The topological polar surface area (TPSA) is 27.7 Å². The molecule has 13 heteroatoms. The number of hydrogen-bond acceptors (Lipinski definition) is 3. The fourth-order valence-corrected chi connectivity index (χ4v) is 3.22. The van der Waals surface area contributed by atoms with E-state index in [1.54, 1.807) is 0 Å². The molecule has 0 heterocycles. The van der Waals surface area contributed by atoms with Gasteiger partial charge >= 0.3 is 20.6 Å². The largest absolute Gasteiger partial charge is 0.543 e. The maximum absolute atomic E-state index is 13.8. The minimum absolute atomic E-state index is 0.601. The average molecular weight is 368 g/mol. The van der Waals surface area contributed by atoms with Crippen LogP contribution in [-0.2, 0) is 13.3 Å². The summed E-state index contributed by atoms with van der Waals surface area (Å²) >= 11 is 0. The third-order valence-electron chi connectivity index (χ3n) is 2.79. The molecule has 3 unspecified atom stereocenters. The predicted octanol–water partition coefficient (Wildman–Crippen LogP) is 2.95. The third-order valence-corrected chi connectivity index (χ3v) is 5.48. The lowest BCUT2D eigenvalue weighted by molar-refractivity contribution is -0.272. The van der Waals surface area contributed by atoms with Crippen LogP contribution in [0.1, 0.15) is 0 Å². The van der Waals surface area contributed by atoms with Crippen LogP contribution in [0.4, 0.5) is 39.5 Å². The molecule has 3 nitrogen and oxygen atoms in total. The monoisotopic (exact) mass is 368 g/mol. The Morgan fingerprint density at radius 1 is 0.727 bits per heavy atom. The van der Waals surface area contributed by atoms with Crippen molar-refractivity contribution in [2.24, 2.45) is 0 Å². The van der Waals surface area contributed by atoms with Crippen LogP contribution in [0.15, 0.2) is 0 Å². The summed E-state index contributed by atoms with van der Waals surface area (Å²) in [5.41, 5.74) is 0. The Morgan fingerprint density at radius 3 is 1.36 bits per heavy atom. The average Bonchev–Trinajstić information content (AvgIpc) is 2.47. The van der Waals surface area contributed by atoms with Crippen molar-refractivity contribution >= 4 is 8.80 Å². The molecule has 0 fully saturated rings. The second-order valence-corrected chi connectivity index (χ2v) is 6.94. The summed E-state index contributed by atoms with van der Waals surface area (Å²) < 4.78 is 130. The number of halogens is 9. The van der Waals surface area contributed by atoms with E-state index in [0.29, 0.717) is 21.3 Å². The van der Waals surface area contributed by atoms with Crippen LogP contribution in [0.5, 0.6) is 0 Å². The summed E-state index contributed by atoms with van der Waals surface area (Å²) in [6.45, 7) is 0. The molecule has 0 aliphatic heterocycles. The van der Waals surface area contributed by atoms with E-state index in [9.17, 15) is 39.5 Å². The highest BCUT2D eigenvalue weighted by molar-refractivity contribution is 6.62.